The van der Waals surface area contributed by atoms with E-state index in [1.807, 2.05) is 0 Å². The molecule has 2 nitrogen and oxygen atoms in total. The van der Waals surface area contributed by atoms with E-state index >= 15 is 0 Å². The summed E-state index contributed by atoms with van der Waals surface area (Å²) in [5, 5.41) is 13.9. The Kier molecular flexibility index (Phi) is 2.49. The van der Waals surface area contributed by atoms with Crippen LogP contribution >= 0.6 is 0 Å². The first-order valence-electron chi connectivity index (χ1n) is 6.28. The number of benzene rings is 1. The van der Waals surface area contributed by atoms with Crippen LogP contribution in [0.4, 0.5) is 0 Å². The average Bonchev–Trinajstić information content (AvgIpc) is 3.12. The van der Waals surface area contributed by atoms with Gasteiger partial charge in [-0.05, 0) is 43.2 Å². The predicted molar refractivity (Wildman–Crippen MR) is 64.3 cm³/mol. The van der Waals surface area contributed by atoms with Crippen molar-refractivity contribution in [3.05, 3.63) is 35.9 Å². The Balaban J connectivity index is 1.71. The van der Waals surface area contributed by atoms with E-state index in [4.69, 9.17) is 0 Å². The lowest BCUT2D eigenvalue weighted by molar-refractivity contribution is -0.00627. The first-order chi connectivity index (χ1) is 7.80. The second kappa shape index (κ2) is 3.86. The summed E-state index contributed by atoms with van der Waals surface area (Å²) >= 11 is 0. The second-order valence-corrected chi connectivity index (χ2v) is 5.24. The molecule has 0 amide bonds. The molecule has 2 N–H and O–H groups in total. The van der Waals surface area contributed by atoms with Crippen LogP contribution < -0.4 is 5.32 Å². The van der Waals surface area contributed by atoms with Crippen LogP contribution in [0.5, 0.6) is 0 Å². The van der Waals surface area contributed by atoms with Crippen LogP contribution in [-0.4, -0.2) is 23.8 Å². The fourth-order valence-electron chi connectivity index (χ4n) is 3.09. The maximum Gasteiger partial charge on any atom is 0.0806 e. The summed E-state index contributed by atoms with van der Waals surface area (Å²) in [5.74, 6) is 1.06. The topological polar surface area (TPSA) is 32.3 Å². The van der Waals surface area contributed by atoms with Gasteiger partial charge in [0.25, 0.3) is 0 Å². The van der Waals surface area contributed by atoms with Crippen LogP contribution in [0.25, 0.3) is 0 Å². The summed E-state index contributed by atoms with van der Waals surface area (Å²) in [7, 11) is 0. The van der Waals surface area contributed by atoms with Crippen molar-refractivity contribution in [1.29, 1.82) is 0 Å². The molecule has 1 saturated carbocycles. The molecule has 3 rings (SSSR count). The Morgan fingerprint density at radius 1 is 1.25 bits per heavy atom. The Bertz CT molecular complexity index is 356. The van der Waals surface area contributed by atoms with Crippen molar-refractivity contribution in [1.82, 2.24) is 5.32 Å². The smallest absolute Gasteiger partial charge is 0.0806 e. The lowest BCUT2D eigenvalue weighted by Gasteiger charge is -2.33. The highest BCUT2D eigenvalue weighted by Gasteiger charge is 2.52. The molecule has 1 aliphatic carbocycles. The monoisotopic (exact) mass is 217 g/mol. The zero-order chi connectivity index (χ0) is 11.0. The van der Waals surface area contributed by atoms with Crippen molar-refractivity contribution in [3.63, 3.8) is 0 Å². The van der Waals surface area contributed by atoms with E-state index in [1.165, 1.54) is 5.56 Å². The summed E-state index contributed by atoms with van der Waals surface area (Å²) < 4.78 is 0. The zero-order valence-corrected chi connectivity index (χ0v) is 9.52. The summed E-state index contributed by atoms with van der Waals surface area (Å²) in [4.78, 5) is 0. The van der Waals surface area contributed by atoms with Crippen molar-refractivity contribution in [2.24, 2.45) is 5.92 Å². The van der Waals surface area contributed by atoms with Gasteiger partial charge in [-0.2, -0.15) is 0 Å². The highest BCUT2D eigenvalue weighted by molar-refractivity contribution is 5.28. The van der Waals surface area contributed by atoms with Gasteiger partial charge in [0.15, 0.2) is 0 Å². The second-order valence-electron chi connectivity index (χ2n) is 5.24. The third-order valence-electron chi connectivity index (χ3n) is 4.10. The fourth-order valence-corrected chi connectivity index (χ4v) is 3.09. The Hall–Kier alpha value is -0.860. The molecule has 0 bridgehead atoms. The number of β-amino-alcohol motifs (C(OH)–C–C–N with tert-alkyl or cyclic N) is 1. The molecule has 86 valence electrons. The molecule has 0 spiro atoms. The number of hydrogen-bond donors (Lipinski definition) is 2. The minimum absolute atomic E-state index is 0.446. The van der Waals surface area contributed by atoms with Crippen molar-refractivity contribution in [2.75, 3.05) is 13.1 Å². The lowest BCUT2D eigenvalue weighted by atomic mass is 9.87. The van der Waals surface area contributed by atoms with Gasteiger partial charge in [0.1, 0.15) is 0 Å². The Labute approximate surface area is 96.7 Å². The van der Waals surface area contributed by atoms with Crippen LogP contribution in [0.2, 0.25) is 0 Å². The molecule has 1 saturated heterocycles. The molecule has 16 heavy (non-hydrogen) atoms. The van der Waals surface area contributed by atoms with Gasteiger partial charge < -0.3 is 10.4 Å². The van der Waals surface area contributed by atoms with Crippen LogP contribution in [0.15, 0.2) is 30.3 Å². The first kappa shape index (κ1) is 10.3. The number of rotatable bonds is 2. The average molecular weight is 217 g/mol. The molecule has 3 unspecified atom stereocenters. The van der Waals surface area contributed by atoms with Gasteiger partial charge in [-0.3, -0.25) is 0 Å². The molecule has 3 atom stereocenters. The van der Waals surface area contributed by atoms with Gasteiger partial charge in [-0.15, -0.1) is 0 Å². The lowest BCUT2D eigenvalue weighted by Crippen LogP contribution is -2.47. The minimum atomic E-state index is -0.446. The molecular weight excluding hydrogens is 198 g/mol. The number of hydrogen-bond acceptors (Lipinski definition) is 2. The van der Waals surface area contributed by atoms with Crippen molar-refractivity contribution in [3.8, 4) is 0 Å². The van der Waals surface area contributed by atoms with E-state index in [-0.39, 0.29) is 0 Å². The van der Waals surface area contributed by atoms with Crippen LogP contribution in [0.3, 0.4) is 0 Å². The Morgan fingerprint density at radius 3 is 2.75 bits per heavy atom. The molecule has 2 heteroatoms. The van der Waals surface area contributed by atoms with E-state index in [0.29, 0.717) is 11.8 Å². The van der Waals surface area contributed by atoms with Crippen LogP contribution in [0, 0.1) is 5.92 Å². The molecule has 2 aliphatic rings. The maximum atomic E-state index is 10.6. The van der Waals surface area contributed by atoms with Crippen molar-refractivity contribution < 1.29 is 5.11 Å². The van der Waals surface area contributed by atoms with E-state index < -0.39 is 5.60 Å². The zero-order valence-electron chi connectivity index (χ0n) is 9.52. The summed E-state index contributed by atoms with van der Waals surface area (Å²) in [6.07, 6.45) is 3.23. The highest BCUT2D eigenvalue weighted by Crippen LogP contribution is 2.54. The minimum Gasteiger partial charge on any atom is -0.388 e. The molecular formula is C14H19NO. The van der Waals surface area contributed by atoms with E-state index in [1.54, 1.807) is 0 Å². The predicted octanol–water partition coefficient (Wildman–Crippen LogP) is 1.90. The van der Waals surface area contributed by atoms with E-state index in [0.717, 1.165) is 32.4 Å². The molecule has 1 aromatic rings. The SMILES string of the molecule is OC1(C2CC2c2ccccc2)CCCNC1. The maximum absolute atomic E-state index is 10.6. The number of nitrogens with one attached hydrogen (secondary N) is 1. The molecule has 0 radical (unpaired) electrons. The van der Waals surface area contributed by atoms with Crippen LogP contribution in [0.1, 0.15) is 30.7 Å². The fraction of sp³-hybridized carbons (Fsp3) is 0.571. The molecule has 0 aromatic heterocycles. The summed E-state index contributed by atoms with van der Waals surface area (Å²) in [6, 6.07) is 10.6. The van der Waals surface area contributed by atoms with E-state index in [2.05, 4.69) is 35.6 Å². The normalized spacial score (nSPS) is 38.3. The third kappa shape index (κ3) is 1.76. The molecule has 1 aromatic carbocycles. The summed E-state index contributed by atoms with van der Waals surface area (Å²) in [5.41, 5.74) is 0.949. The molecule has 2 fully saturated rings. The number of aliphatic hydroxyl groups is 1. The largest absolute Gasteiger partial charge is 0.388 e. The van der Waals surface area contributed by atoms with Gasteiger partial charge in [-0.1, -0.05) is 30.3 Å². The molecule has 1 heterocycles. The van der Waals surface area contributed by atoms with Crippen molar-refractivity contribution >= 4 is 0 Å². The number of piperidine rings is 1. The highest BCUT2D eigenvalue weighted by atomic mass is 16.3. The van der Waals surface area contributed by atoms with Crippen molar-refractivity contribution in [2.45, 2.75) is 30.8 Å². The van der Waals surface area contributed by atoms with Crippen LogP contribution in [-0.2, 0) is 0 Å². The summed E-state index contributed by atoms with van der Waals surface area (Å²) in [6.45, 7) is 1.84. The molecule has 1 aliphatic heterocycles. The van der Waals surface area contributed by atoms with Gasteiger partial charge in [-0.25, -0.2) is 0 Å². The standard InChI is InChI=1S/C14H19NO/c16-14(7-4-8-15-10-14)13-9-12(13)11-5-2-1-3-6-11/h1-3,5-6,12-13,15-16H,4,7-10H2. The van der Waals surface area contributed by atoms with Gasteiger partial charge in [0.2, 0.25) is 0 Å². The first-order valence-corrected chi connectivity index (χ1v) is 6.28. The van der Waals surface area contributed by atoms with Gasteiger partial charge in [0.05, 0.1) is 5.60 Å². The van der Waals surface area contributed by atoms with E-state index in [9.17, 15) is 5.11 Å². The van der Waals surface area contributed by atoms with Gasteiger partial charge in [0, 0.05) is 6.54 Å². The van der Waals surface area contributed by atoms with Gasteiger partial charge >= 0.3 is 0 Å². The third-order valence-corrected chi connectivity index (χ3v) is 4.10. The Morgan fingerprint density at radius 2 is 2.06 bits per heavy atom. The quantitative estimate of drug-likeness (QED) is 0.793.